The molecule has 2 fully saturated rings. The molecule has 2 aliphatic rings. The summed E-state index contributed by atoms with van der Waals surface area (Å²) >= 11 is 0. The second-order valence-electron chi connectivity index (χ2n) is 5.20. The largest absolute Gasteiger partial charge is 0.374 e. The third kappa shape index (κ3) is 2.04. The van der Waals surface area contributed by atoms with Gasteiger partial charge in [0.1, 0.15) is 5.41 Å². The standard InChI is InChI=1S/C13H20N2O2/c1-3-13(2,9-14)12(16)15-7-8-17-11-6-4-5-10(11)15/h10-11H,3-8H2,1-2H3. The quantitative estimate of drug-likeness (QED) is 0.733. The Kier molecular flexibility index (Phi) is 3.39. The molecule has 1 saturated carbocycles. The molecule has 4 heteroatoms. The first kappa shape index (κ1) is 12.4. The van der Waals surface area contributed by atoms with Gasteiger partial charge in [0.2, 0.25) is 5.91 Å². The second-order valence-corrected chi connectivity index (χ2v) is 5.20. The minimum Gasteiger partial charge on any atom is -0.374 e. The highest BCUT2D eigenvalue weighted by atomic mass is 16.5. The van der Waals surface area contributed by atoms with E-state index in [1.165, 1.54) is 0 Å². The van der Waals surface area contributed by atoms with Gasteiger partial charge in [0.15, 0.2) is 0 Å². The van der Waals surface area contributed by atoms with Crippen molar-refractivity contribution in [3.63, 3.8) is 0 Å². The van der Waals surface area contributed by atoms with Gasteiger partial charge in [0, 0.05) is 6.54 Å². The zero-order chi connectivity index (χ0) is 12.5. The monoisotopic (exact) mass is 236 g/mol. The molecule has 3 unspecified atom stereocenters. The van der Waals surface area contributed by atoms with Crippen molar-refractivity contribution in [1.29, 1.82) is 5.26 Å². The van der Waals surface area contributed by atoms with Crippen LogP contribution in [0.2, 0.25) is 0 Å². The van der Waals surface area contributed by atoms with Gasteiger partial charge in [-0.2, -0.15) is 5.26 Å². The van der Waals surface area contributed by atoms with Crippen LogP contribution < -0.4 is 0 Å². The predicted molar refractivity (Wildman–Crippen MR) is 63.1 cm³/mol. The van der Waals surface area contributed by atoms with E-state index >= 15 is 0 Å². The molecule has 17 heavy (non-hydrogen) atoms. The molecule has 0 radical (unpaired) electrons. The summed E-state index contributed by atoms with van der Waals surface area (Å²) in [5, 5.41) is 9.20. The predicted octanol–water partition coefficient (Wildman–Crippen LogP) is 1.71. The summed E-state index contributed by atoms with van der Waals surface area (Å²) in [5.74, 6) is -0.0114. The summed E-state index contributed by atoms with van der Waals surface area (Å²) in [6.45, 7) is 4.89. The lowest BCUT2D eigenvalue weighted by atomic mass is 9.87. The van der Waals surface area contributed by atoms with Gasteiger partial charge in [-0.15, -0.1) is 0 Å². The molecule has 0 aromatic rings. The van der Waals surface area contributed by atoms with Gasteiger partial charge >= 0.3 is 0 Å². The summed E-state index contributed by atoms with van der Waals surface area (Å²) in [6, 6.07) is 2.38. The van der Waals surface area contributed by atoms with Crippen molar-refractivity contribution in [2.45, 2.75) is 51.7 Å². The lowest BCUT2D eigenvalue weighted by molar-refractivity contribution is -0.151. The van der Waals surface area contributed by atoms with Gasteiger partial charge in [-0.05, 0) is 32.6 Å². The normalized spacial score (nSPS) is 31.5. The molecule has 0 aromatic heterocycles. The number of carbonyl (C=O) groups is 1. The van der Waals surface area contributed by atoms with Crippen molar-refractivity contribution >= 4 is 5.91 Å². The molecule has 1 amide bonds. The topological polar surface area (TPSA) is 53.3 Å². The molecule has 1 aliphatic carbocycles. The Bertz CT molecular complexity index is 350. The van der Waals surface area contributed by atoms with Crippen LogP contribution in [0.3, 0.4) is 0 Å². The van der Waals surface area contributed by atoms with Crippen LogP contribution in [0.25, 0.3) is 0 Å². The molecule has 0 bridgehead atoms. The number of hydrogen-bond donors (Lipinski definition) is 0. The molecule has 0 spiro atoms. The van der Waals surface area contributed by atoms with E-state index in [9.17, 15) is 10.1 Å². The van der Waals surface area contributed by atoms with E-state index in [1.807, 2.05) is 11.8 Å². The number of nitriles is 1. The molecule has 4 nitrogen and oxygen atoms in total. The van der Waals surface area contributed by atoms with E-state index in [2.05, 4.69) is 6.07 Å². The van der Waals surface area contributed by atoms with Crippen molar-refractivity contribution in [3.05, 3.63) is 0 Å². The maximum absolute atomic E-state index is 12.5. The Hall–Kier alpha value is -1.08. The second kappa shape index (κ2) is 4.66. The van der Waals surface area contributed by atoms with Gasteiger partial charge in [0.25, 0.3) is 0 Å². The smallest absolute Gasteiger partial charge is 0.243 e. The lowest BCUT2D eigenvalue weighted by Crippen LogP contribution is -2.55. The van der Waals surface area contributed by atoms with E-state index in [4.69, 9.17) is 4.74 Å². The van der Waals surface area contributed by atoms with Gasteiger partial charge in [-0.1, -0.05) is 6.92 Å². The first-order valence-corrected chi connectivity index (χ1v) is 6.46. The van der Waals surface area contributed by atoms with Crippen molar-refractivity contribution in [2.24, 2.45) is 5.41 Å². The molecule has 94 valence electrons. The van der Waals surface area contributed by atoms with E-state index < -0.39 is 5.41 Å². The van der Waals surface area contributed by atoms with Crippen molar-refractivity contribution in [2.75, 3.05) is 13.2 Å². The van der Waals surface area contributed by atoms with Crippen LogP contribution in [0, 0.1) is 16.7 Å². The van der Waals surface area contributed by atoms with Crippen LogP contribution in [-0.2, 0) is 9.53 Å². The number of morpholine rings is 1. The summed E-state index contributed by atoms with van der Waals surface area (Å²) in [6.07, 6.45) is 3.95. The van der Waals surface area contributed by atoms with Crippen molar-refractivity contribution in [3.8, 4) is 6.07 Å². The number of amides is 1. The third-order valence-electron chi connectivity index (χ3n) is 4.17. The molecule has 1 saturated heterocycles. The maximum Gasteiger partial charge on any atom is 0.243 e. The van der Waals surface area contributed by atoms with Crippen LogP contribution in [-0.4, -0.2) is 36.1 Å². The zero-order valence-corrected chi connectivity index (χ0v) is 10.6. The van der Waals surface area contributed by atoms with Crippen LogP contribution in [0.5, 0.6) is 0 Å². The van der Waals surface area contributed by atoms with Gasteiger partial charge in [-0.25, -0.2) is 0 Å². The van der Waals surface area contributed by atoms with Crippen molar-refractivity contribution < 1.29 is 9.53 Å². The fraction of sp³-hybridized carbons (Fsp3) is 0.846. The molecule has 0 aromatic carbocycles. The molecular weight excluding hydrogens is 216 g/mol. The van der Waals surface area contributed by atoms with Crippen LogP contribution >= 0.6 is 0 Å². The molecular formula is C13H20N2O2. The average molecular weight is 236 g/mol. The molecule has 2 rings (SSSR count). The Morgan fingerprint density at radius 1 is 1.59 bits per heavy atom. The summed E-state index contributed by atoms with van der Waals surface area (Å²) in [5.41, 5.74) is -0.871. The Morgan fingerprint density at radius 3 is 3.00 bits per heavy atom. The molecule has 1 aliphatic heterocycles. The fourth-order valence-electron chi connectivity index (χ4n) is 2.77. The van der Waals surface area contributed by atoms with Gasteiger partial charge in [-0.3, -0.25) is 4.79 Å². The molecule has 0 N–H and O–H groups in total. The van der Waals surface area contributed by atoms with Crippen LogP contribution in [0.1, 0.15) is 39.5 Å². The van der Waals surface area contributed by atoms with E-state index in [0.29, 0.717) is 19.6 Å². The minimum atomic E-state index is -0.871. The van der Waals surface area contributed by atoms with Gasteiger partial charge in [0.05, 0.1) is 24.8 Å². The highest BCUT2D eigenvalue weighted by Crippen LogP contribution is 2.33. The highest BCUT2D eigenvalue weighted by Gasteiger charge is 2.44. The Morgan fingerprint density at radius 2 is 2.35 bits per heavy atom. The number of nitrogens with zero attached hydrogens (tertiary/aromatic N) is 2. The number of rotatable bonds is 2. The Labute approximate surface area is 103 Å². The summed E-state index contributed by atoms with van der Waals surface area (Å²) in [4.78, 5) is 14.4. The highest BCUT2D eigenvalue weighted by molar-refractivity contribution is 5.85. The third-order valence-corrected chi connectivity index (χ3v) is 4.17. The first-order chi connectivity index (χ1) is 8.12. The summed E-state index contributed by atoms with van der Waals surface area (Å²) < 4.78 is 5.69. The number of hydrogen-bond acceptors (Lipinski definition) is 3. The van der Waals surface area contributed by atoms with E-state index in [-0.39, 0.29) is 18.1 Å². The molecule has 3 atom stereocenters. The van der Waals surface area contributed by atoms with Gasteiger partial charge < -0.3 is 9.64 Å². The SMILES string of the molecule is CCC(C)(C#N)C(=O)N1CCOC2CCCC21. The van der Waals surface area contributed by atoms with E-state index in [1.54, 1.807) is 6.92 Å². The van der Waals surface area contributed by atoms with Crippen LogP contribution in [0.4, 0.5) is 0 Å². The number of fused-ring (bicyclic) bond motifs is 1. The minimum absolute atomic E-state index is 0.0114. The fourth-order valence-corrected chi connectivity index (χ4v) is 2.77. The lowest BCUT2D eigenvalue weighted by Gasteiger charge is -2.40. The summed E-state index contributed by atoms with van der Waals surface area (Å²) in [7, 11) is 0. The Balaban J connectivity index is 2.16. The maximum atomic E-state index is 12.5. The first-order valence-electron chi connectivity index (χ1n) is 6.46. The van der Waals surface area contributed by atoms with E-state index in [0.717, 1.165) is 19.3 Å². The number of ether oxygens (including phenoxy) is 1. The number of carbonyl (C=O) groups excluding carboxylic acids is 1. The van der Waals surface area contributed by atoms with Crippen LogP contribution in [0.15, 0.2) is 0 Å². The van der Waals surface area contributed by atoms with Crippen molar-refractivity contribution in [1.82, 2.24) is 4.90 Å². The average Bonchev–Trinajstić information content (AvgIpc) is 2.85. The molecule has 1 heterocycles. The zero-order valence-electron chi connectivity index (χ0n) is 10.6.